The quantitative estimate of drug-likeness (QED) is 0.676. The van der Waals surface area contributed by atoms with Crippen molar-refractivity contribution in [3.8, 4) is 0 Å². The van der Waals surface area contributed by atoms with Crippen molar-refractivity contribution < 1.29 is 0 Å². The number of hydrogen-bond donors (Lipinski definition) is 2. The topological polar surface area (TPSA) is 55.9 Å². The summed E-state index contributed by atoms with van der Waals surface area (Å²) >= 11 is 8.10. The first-order valence-electron chi connectivity index (χ1n) is 6.42. The molecule has 4 nitrogen and oxygen atoms in total. The van der Waals surface area contributed by atoms with Crippen LogP contribution < -0.4 is 11.3 Å². The summed E-state index contributed by atoms with van der Waals surface area (Å²) in [5.74, 6) is 6.18. The molecule has 1 aliphatic carbocycles. The third-order valence-corrected chi connectivity index (χ3v) is 5.20. The van der Waals surface area contributed by atoms with E-state index in [1.807, 2.05) is 23.1 Å². The van der Waals surface area contributed by atoms with Crippen molar-refractivity contribution in [1.82, 2.24) is 15.2 Å². The van der Waals surface area contributed by atoms with Crippen molar-refractivity contribution >= 4 is 22.9 Å². The smallest absolute Gasteiger partial charge is 0.0834 e. The van der Waals surface area contributed by atoms with Crippen molar-refractivity contribution in [3.63, 3.8) is 0 Å². The van der Waals surface area contributed by atoms with Gasteiger partial charge in [0.25, 0.3) is 0 Å². The molecule has 0 saturated heterocycles. The number of nitrogens with zero attached hydrogens (tertiary/aromatic N) is 2. The third kappa shape index (κ3) is 2.21. The van der Waals surface area contributed by atoms with Crippen molar-refractivity contribution in [2.75, 3.05) is 0 Å². The minimum absolute atomic E-state index is 0.00801. The van der Waals surface area contributed by atoms with Gasteiger partial charge in [-0.15, -0.1) is 11.3 Å². The maximum atomic E-state index is 6.26. The Morgan fingerprint density at radius 1 is 1.63 bits per heavy atom. The zero-order valence-corrected chi connectivity index (χ0v) is 12.3. The molecule has 102 valence electrons. The second-order valence-corrected chi connectivity index (χ2v) is 6.35. The van der Waals surface area contributed by atoms with E-state index in [1.54, 1.807) is 6.20 Å². The molecule has 2 atom stereocenters. The van der Waals surface area contributed by atoms with Gasteiger partial charge in [-0.2, -0.15) is 5.10 Å². The molecule has 3 rings (SSSR count). The second kappa shape index (κ2) is 5.25. The van der Waals surface area contributed by atoms with E-state index in [0.29, 0.717) is 10.9 Å². The summed E-state index contributed by atoms with van der Waals surface area (Å²) in [7, 11) is 1.91. The molecule has 2 unspecified atom stereocenters. The fraction of sp³-hybridized carbons (Fsp3) is 0.462. The average Bonchev–Trinajstić information content (AvgIpc) is 3.01. The molecular formula is C13H17ClN4S. The molecule has 0 aliphatic heterocycles. The van der Waals surface area contributed by atoms with E-state index < -0.39 is 0 Å². The van der Waals surface area contributed by atoms with Crippen molar-refractivity contribution in [3.05, 3.63) is 38.8 Å². The molecule has 0 saturated carbocycles. The lowest BCUT2D eigenvalue weighted by Gasteiger charge is -2.30. The van der Waals surface area contributed by atoms with Crippen molar-refractivity contribution in [2.45, 2.75) is 31.2 Å². The van der Waals surface area contributed by atoms with E-state index in [0.717, 1.165) is 12.1 Å². The Kier molecular flexibility index (Phi) is 3.62. The Hall–Kier alpha value is -0.880. The van der Waals surface area contributed by atoms with E-state index in [9.17, 15) is 0 Å². The van der Waals surface area contributed by atoms with Crippen LogP contribution in [-0.2, 0) is 13.5 Å². The number of fused-ring (bicyclic) bond motifs is 1. The number of halogens is 1. The Bertz CT molecular complexity index is 557. The van der Waals surface area contributed by atoms with E-state index in [-0.39, 0.29) is 6.04 Å². The number of nitrogens with one attached hydrogen (secondary N) is 1. The number of rotatable bonds is 3. The van der Waals surface area contributed by atoms with Gasteiger partial charge >= 0.3 is 0 Å². The Morgan fingerprint density at radius 3 is 3.16 bits per heavy atom. The van der Waals surface area contributed by atoms with Crippen LogP contribution in [0.5, 0.6) is 0 Å². The lowest BCUT2D eigenvalue weighted by atomic mass is 9.81. The van der Waals surface area contributed by atoms with Gasteiger partial charge in [0, 0.05) is 17.8 Å². The second-order valence-electron chi connectivity index (χ2n) is 4.94. The van der Waals surface area contributed by atoms with Crippen molar-refractivity contribution in [2.24, 2.45) is 12.9 Å². The molecule has 0 fully saturated rings. The molecule has 2 heterocycles. The predicted molar refractivity (Wildman–Crippen MR) is 78.3 cm³/mol. The zero-order valence-electron chi connectivity index (χ0n) is 10.8. The number of nitrogens with two attached hydrogens (primary N) is 1. The van der Waals surface area contributed by atoms with Crippen LogP contribution >= 0.6 is 22.9 Å². The summed E-state index contributed by atoms with van der Waals surface area (Å²) in [5.41, 5.74) is 5.33. The van der Waals surface area contributed by atoms with Crippen LogP contribution in [-0.4, -0.2) is 9.78 Å². The van der Waals surface area contributed by atoms with Gasteiger partial charge in [-0.3, -0.25) is 16.0 Å². The highest BCUT2D eigenvalue weighted by molar-refractivity contribution is 7.10. The van der Waals surface area contributed by atoms with Gasteiger partial charge < -0.3 is 0 Å². The summed E-state index contributed by atoms with van der Waals surface area (Å²) < 4.78 is 1.81. The molecule has 6 heteroatoms. The molecule has 2 aromatic heterocycles. The SMILES string of the molecule is Cn1ncc(Cl)c1C(NN)C1CCCc2sccc21. The van der Waals surface area contributed by atoms with Gasteiger partial charge in [-0.1, -0.05) is 11.6 Å². The zero-order chi connectivity index (χ0) is 13.4. The van der Waals surface area contributed by atoms with Crippen LogP contribution in [0.25, 0.3) is 0 Å². The highest BCUT2D eigenvalue weighted by atomic mass is 35.5. The van der Waals surface area contributed by atoms with Gasteiger partial charge in [-0.25, -0.2) is 0 Å². The van der Waals surface area contributed by atoms with Crippen LogP contribution in [0.3, 0.4) is 0 Å². The van der Waals surface area contributed by atoms with Crippen LogP contribution in [0.1, 0.15) is 40.9 Å². The summed E-state index contributed by atoms with van der Waals surface area (Å²) in [6.45, 7) is 0. The molecule has 3 N–H and O–H groups in total. The highest BCUT2D eigenvalue weighted by Gasteiger charge is 2.32. The van der Waals surface area contributed by atoms with Crippen LogP contribution in [0.15, 0.2) is 17.6 Å². The van der Waals surface area contributed by atoms with E-state index >= 15 is 0 Å². The van der Waals surface area contributed by atoms with Gasteiger partial charge in [0.15, 0.2) is 0 Å². The van der Waals surface area contributed by atoms with Crippen LogP contribution in [0.2, 0.25) is 5.02 Å². The standard InChI is InChI=1S/C13H17ClN4S/c1-18-13(10(14)7-16-18)12(17-15)9-3-2-4-11-8(9)5-6-19-11/h5-7,9,12,17H,2-4,15H2,1H3. The summed E-state index contributed by atoms with van der Waals surface area (Å²) in [6.07, 6.45) is 5.18. The fourth-order valence-electron chi connectivity index (χ4n) is 3.02. The normalized spacial score (nSPS) is 20.3. The van der Waals surface area contributed by atoms with Gasteiger partial charge in [0.1, 0.15) is 0 Å². The number of thiophene rings is 1. The molecule has 0 amide bonds. The number of hydrazine groups is 1. The Balaban J connectivity index is 2.01. The average molecular weight is 297 g/mol. The Labute approximate surface area is 121 Å². The first-order chi connectivity index (χ1) is 9.22. The summed E-state index contributed by atoms with van der Waals surface area (Å²) in [6, 6.07) is 2.23. The number of hydrogen-bond acceptors (Lipinski definition) is 4. The van der Waals surface area contributed by atoms with Gasteiger partial charge in [-0.05, 0) is 36.3 Å². The third-order valence-electron chi connectivity index (χ3n) is 3.91. The lowest BCUT2D eigenvalue weighted by molar-refractivity contribution is 0.392. The number of aromatic nitrogens is 2. The lowest BCUT2D eigenvalue weighted by Crippen LogP contribution is -2.35. The molecular weight excluding hydrogens is 280 g/mol. The molecule has 1 aliphatic rings. The van der Waals surface area contributed by atoms with Gasteiger partial charge in [0.05, 0.1) is 23.0 Å². The summed E-state index contributed by atoms with van der Waals surface area (Å²) in [4.78, 5) is 1.48. The first-order valence-corrected chi connectivity index (χ1v) is 7.68. The van der Waals surface area contributed by atoms with Crippen LogP contribution in [0.4, 0.5) is 0 Å². The maximum Gasteiger partial charge on any atom is 0.0834 e. The minimum Gasteiger partial charge on any atom is -0.271 e. The molecule has 0 spiro atoms. The fourth-order valence-corrected chi connectivity index (χ4v) is 4.30. The van der Waals surface area contributed by atoms with Crippen LogP contribution in [0, 0.1) is 0 Å². The van der Waals surface area contributed by atoms with E-state index in [4.69, 9.17) is 17.4 Å². The molecule has 0 radical (unpaired) electrons. The molecule has 0 aromatic carbocycles. The minimum atomic E-state index is 0.00801. The Morgan fingerprint density at radius 2 is 2.47 bits per heavy atom. The first kappa shape index (κ1) is 13.1. The monoisotopic (exact) mass is 296 g/mol. The molecule has 2 aromatic rings. The van der Waals surface area contributed by atoms with E-state index in [2.05, 4.69) is 22.0 Å². The van der Waals surface area contributed by atoms with E-state index in [1.165, 1.54) is 23.3 Å². The summed E-state index contributed by atoms with van der Waals surface area (Å²) in [5, 5.41) is 7.06. The molecule has 0 bridgehead atoms. The predicted octanol–water partition coefficient (Wildman–Crippen LogP) is 2.76. The highest BCUT2D eigenvalue weighted by Crippen LogP contribution is 2.43. The maximum absolute atomic E-state index is 6.26. The molecule has 19 heavy (non-hydrogen) atoms. The van der Waals surface area contributed by atoms with Crippen molar-refractivity contribution in [1.29, 1.82) is 0 Å². The van der Waals surface area contributed by atoms with Gasteiger partial charge in [0.2, 0.25) is 0 Å². The largest absolute Gasteiger partial charge is 0.271 e. The number of aryl methyl sites for hydroxylation is 2.